The quantitative estimate of drug-likeness (QED) is 0.779. The molecule has 1 atom stereocenters. The van der Waals surface area contributed by atoms with E-state index in [1.165, 1.54) is 0 Å². The lowest BCUT2D eigenvalue weighted by molar-refractivity contribution is -0.156. The highest BCUT2D eigenvalue weighted by Crippen LogP contribution is 2.20. The van der Waals surface area contributed by atoms with Crippen LogP contribution in [0.3, 0.4) is 0 Å². The maximum Gasteiger partial charge on any atom is 0.328 e. The topological polar surface area (TPSA) is 55.4 Å². The van der Waals surface area contributed by atoms with Crippen molar-refractivity contribution in [1.82, 2.24) is 5.32 Å². The Hall–Kier alpha value is -0.880. The highest BCUT2D eigenvalue weighted by atomic mass is 79.9. The van der Waals surface area contributed by atoms with Crippen LogP contribution in [0.2, 0.25) is 0 Å². The lowest BCUT2D eigenvalue weighted by atomic mass is 10.2. The Kier molecular flexibility index (Phi) is 5.77. The van der Waals surface area contributed by atoms with Gasteiger partial charge in [0.2, 0.25) is 0 Å². The van der Waals surface area contributed by atoms with Gasteiger partial charge in [0.1, 0.15) is 11.6 Å². The zero-order valence-electron chi connectivity index (χ0n) is 11.8. The number of nitrogens with one attached hydrogen (secondary N) is 1. The molecule has 110 valence electrons. The SMILES string of the molecule is C[C@H](NC(=O)c1cc(Br)cc(Br)c1)C(=O)OC(C)(C)C. The molecule has 1 N–H and O–H groups in total. The van der Waals surface area contributed by atoms with Gasteiger partial charge in [0.15, 0.2) is 0 Å². The number of amides is 1. The Morgan fingerprint density at radius 3 is 2.10 bits per heavy atom. The van der Waals surface area contributed by atoms with Crippen LogP contribution in [0.1, 0.15) is 38.1 Å². The highest BCUT2D eigenvalue weighted by Gasteiger charge is 2.23. The van der Waals surface area contributed by atoms with E-state index in [9.17, 15) is 9.59 Å². The molecular weight excluding hydrogens is 390 g/mol. The number of carbonyl (C=O) groups is 2. The van der Waals surface area contributed by atoms with Crippen molar-refractivity contribution in [2.24, 2.45) is 0 Å². The van der Waals surface area contributed by atoms with Crippen molar-refractivity contribution in [2.45, 2.75) is 39.3 Å². The summed E-state index contributed by atoms with van der Waals surface area (Å²) in [7, 11) is 0. The molecule has 1 rings (SSSR count). The molecule has 0 heterocycles. The van der Waals surface area contributed by atoms with Gasteiger partial charge in [-0.2, -0.15) is 0 Å². The first-order chi connectivity index (χ1) is 9.08. The number of hydrogen-bond donors (Lipinski definition) is 1. The third kappa shape index (κ3) is 5.63. The van der Waals surface area contributed by atoms with Crippen LogP contribution in [0.25, 0.3) is 0 Å². The van der Waals surface area contributed by atoms with Gasteiger partial charge in [-0.25, -0.2) is 4.79 Å². The van der Waals surface area contributed by atoms with Crippen molar-refractivity contribution in [3.8, 4) is 0 Å². The summed E-state index contributed by atoms with van der Waals surface area (Å²) in [6.07, 6.45) is 0. The van der Waals surface area contributed by atoms with Crippen molar-refractivity contribution in [3.05, 3.63) is 32.7 Å². The molecule has 0 saturated carbocycles. The first kappa shape index (κ1) is 17.2. The van der Waals surface area contributed by atoms with Crippen LogP contribution in [0, 0.1) is 0 Å². The number of halogens is 2. The molecule has 0 spiro atoms. The van der Waals surface area contributed by atoms with E-state index in [-0.39, 0.29) is 5.91 Å². The summed E-state index contributed by atoms with van der Waals surface area (Å²) in [6.45, 7) is 6.94. The summed E-state index contributed by atoms with van der Waals surface area (Å²) in [4.78, 5) is 23.9. The molecular formula is C14H17Br2NO3. The average molecular weight is 407 g/mol. The van der Waals surface area contributed by atoms with E-state index < -0.39 is 17.6 Å². The molecule has 0 bridgehead atoms. The molecule has 0 unspecified atom stereocenters. The maximum atomic E-state index is 12.1. The summed E-state index contributed by atoms with van der Waals surface area (Å²) < 4.78 is 6.77. The zero-order valence-corrected chi connectivity index (χ0v) is 15.0. The van der Waals surface area contributed by atoms with Gasteiger partial charge in [-0.3, -0.25) is 4.79 Å². The second kappa shape index (κ2) is 6.72. The Morgan fingerprint density at radius 1 is 1.15 bits per heavy atom. The number of benzene rings is 1. The molecule has 0 aromatic heterocycles. The first-order valence-electron chi connectivity index (χ1n) is 6.08. The molecule has 0 fully saturated rings. The third-order valence-electron chi connectivity index (χ3n) is 2.23. The second-order valence-corrected chi connectivity index (χ2v) is 7.22. The van der Waals surface area contributed by atoms with Gasteiger partial charge in [-0.15, -0.1) is 0 Å². The Labute approximate surface area is 135 Å². The fourth-order valence-corrected chi connectivity index (χ4v) is 2.71. The number of hydrogen-bond acceptors (Lipinski definition) is 3. The number of ether oxygens (including phenoxy) is 1. The fourth-order valence-electron chi connectivity index (χ4n) is 1.41. The van der Waals surface area contributed by atoms with Gasteiger partial charge < -0.3 is 10.1 Å². The summed E-state index contributed by atoms with van der Waals surface area (Å²) >= 11 is 6.63. The van der Waals surface area contributed by atoms with E-state index in [1.807, 2.05) is 6.07 Å². The third-order valence-corrected chi connectivity index (χ3v) is 3.15. The van der Waals surface area contributed by atoms with Gasteiger partial charge >= 0.3 is 5.97 Å². The van der Waals surface area contributed by atoms with E-state index in [0.717, 1.165) is 8.95 Å². The van der Waals surface area contributed by atoms with Crippen LogP contribution >= 0.6 is 31.9 Å². The van der Waals surface area contributed by atoms with Crippen LogP contribution in [0.5, 0.6) is 0 Å². The van der Waals surface area contributed by atoms with Crippen LogP contribution in [0.4, 0.5) is 0 Å². The van der Waals surface area contributed by atoms with Gasteiger partial charge in [0, 0.05) is 14.5 Å². The van der Waals surface area contributed by atoms with Crippen molar-refractivity contribution < 1.29 is 14.3 Å². The predicted molar refractivity (Wildman–Crippen MR) is 84.6 cm³/mol. The Balaban J connectivity index is 2.72. The number of rotatable bonds is 3. The highest BCUT2D eigenvalue weighted by molar-refractivity contribution is 9.11. The first-order valence-corrected chi connectivity index (χ1v) is 7.67. The van der Waals surface area contributed by atoms with E-state index in [0.29, 0.717) is 5.56 Å². The molecule has 0 saturated heterocycles. The van der Waals surface area contributed by atoms with Gasteiger partial charge in [-0.05, 0) is 45.9 Å². The van der Waals surface area contributed by atoms with E-state index >= 15 is 0 Å². The van der Waals surface area contributed by atoms with Crippen molar-refractivity contribution in [3.63, 3.8) is 0 Å². The van der Waals surface area contributed by atoms with Crippen LogP contribution < -0.4 is 5.32 Å². The smallest absolute Gasteiger partial charge is 0.328 e. The van der Waals surface area contributed by atoms with Gasteiger partial charge in [0.25, 0.3) is 5.91 Å². The molecule has 4 nitrogen and oxygen atoms in total. The van der Waals surface area contributed by atoms with E-state index in [4.69, 9.17) is 4.74 Å². The minimum atomic E-state index is -0.709. The van der Waals surface area contributed by atoms with Crippen molar-refractivity contribution in [2.75, 3.05) is 0 Å². The molecule has 20 heavy (non-hydrogen) atoms. The van der Waals surface area contributed by atoms with Crippen LogP contribution in [-0.2, 0) is 9.53 Å². The second-order valence-electron chi connectivity index (χ2n) is 5.39. The van der Waals surface area contributed by atoms with E-state index in [1.54, 1.807) is 39.8 Å². The lowest BCUT2D eigenvalue weighted by Gasteiger charge is -2.22. The minimum absolute atomic E-state index is 0.328. The summed E-state index contributed by atoms with van der Waals surface area (Å²) in [6, 6.07) is 4.48. The van der Waals surface area contributed by atoms with Crippen LogP contribution in [0.15, 0.2) is 27.1 Å². The van der Waals surface area contributed by atoms with Crippen molar-refractivity contribution in [1.29, 1.82) is 0 Å². The molecule has 0 radical (unpaired) electrons. The molecule has 0 aliphatic heterocycles. The van der Waals surface area contributed by atoms with Crippen LogP contribution in [-0.4, -0.2) is 23.5 Å². The summed E-state index contributed by atoms with van der Waals surface area (Å²) in [5, 5.41) is 2.62. The normalized spacial score (nSPS) is 12.7. The largest absolute Gasteiger partial charge is 0.458 e. The molecule has 0 aliphatic carbocycles. The number of esters is 1. The van der Waals surface area contributed by atoms with Gasteiger partial charge in [0.05, 0.1) is 0 Å². The van der Waals surface area contributed by atoms with E-state index in [2.05, 4.69) is 37.2 Å². The molecule has 6 heteroatoms. The maximum absolute atomic E-state index is 12.1. The van der Waals surface area contributed by atoms with Gasteiger partial charge in [-0.1, -0.05) is 31.9 Å². The average Bonchev–Trinajstić information content (AvgIpc) is 2.25. The molecule has 0 aliphatic rings. The Morgan fingerprint density at radius 2 is 1.65 bits per heavy atom. The molecule has 1 aromatic rings. The zero-order chi connectivity index (χ0) is 15.5. The lowest BCUT2D eigenvalue weighted by Crippen LogP contribution is -2.42. The monoisotopic (exact) mass is 405 g/mol. The Bertz CT molecular complexity index is 503. The summed E-state index contributed by atoms with van der Waals surface area (Å²) in [5.41, 5.74) is -0.115. The summed E-state index contributed by atoms with van der Waals surface area (Å²) in [5.74, 6) is -0.787. The molecule has 1 amide bonds. The predicted octanol–water partition coefficient (Wildman–Crippen LogP) is 3.67. The minimum Gasteiger partial charge on any atom is -0.458 e. The molecule has 1 aromatic carbocycles. The number of carbonyl (C=O) groups excluding carboxylic acids is 2. The van der Waals surface area contributed by atoms with Crippen molar-refractivity contribution >= 4 is 43.7 Å². The standard InChI is InChI=1S/C14H17Br2NO3/c1-8(13(19)20-14(2,3)4)17-12(18)9-5-10(15)7-11(16)6-9/h5-8H,1-4H3,(H,17,18)/t8-/m0/s1. The fraction of sp³-hybridized carbons (Fsp3) is 0.429.